The lowest BCUT2D eigenvalue weighted by atomic mass is 10.1. The Bertz CT molecular complexity index is 602. The van der Waals surface area contributed by atoms with E-state index < -0.39 is 0 Å². The predicted molar refractivity (Wildman–Crippen MR) is 81.2 cm³/mol. The van der Waals surface area contributed by atoms with Gasteiger partial charge in [0, 0.05) is 11.6 Å². The zero-order valence-electron chi connectivity index (χ0n) is 12.0. The minimum absolute atomic E-state index is 0.290. The van der Waals surface area contributed by atoms with E-state index in [-0.39, 0.29) is 11.8 Å². The molecular formula is C16H18N2O3. The first-order chi connectivity index (χ1) is 10.2. The average molecular weight is 286 g/mol. The van der Waals surface area contributed by atoms with Crippen LogP contribution >= 0.6 is 0 Å². The van der Waals surface area contributed by atoms with Crippen LogP contribution in [-0.2, 0) is 4.79 Å². The number of hydrogen-bond acceptors (Lipinski definition) is 4. The molecule has 0 aliphatic heterocycles. The lowest BCUT2D eigenvalue weighted by Gasteiger charge is -2.05. The summed E-state index contributed by atoms with van der Waals surface area (Å²) in [7, 11) is 0. The van der Waals surface area contributed by atoms with Gasteiger partial charge in [0.05, 0.1) is 6.61 Å². The number of aromatic nitrogens is 1. The number of carbonyl (C=O) groups excluding carboxylic acids is 1. The molecule has 1 heterocycles. The largest absolute Gasteiger partial charge is 0.494 e. The second-order valence-corrected chi connectivity index (χ2v) is 4.50. The molecule has 0 unspecified atom stereocenters. The molecule has 0 saturated carbocycles. The van der Waals surface area contributed by atoms with Crippen molar-refractivity contribution in [2.24, 2.45) is 0 Å². The van der Waals surface area contributed by atoms with E-state index in [1.54, 1.807) is 6.07 Å². The molecule has 0 aliphatic carbocycles. The van der Waals surface area contributed by atoms with Gasteiger partial charge >= 0.3 is 0 Å². The summed E-state index contributed by atoms with van der Waals surface area (Å²) in [6, 6.07) is 9.24. The Kier molecular flexibility index (Phi) is 5.15. The van der Waals surface area contributed by atoms with Crippen LogP contribution in [0.2, 0.25) is 0 Å². The number of anilines is 1. The fourth-order valence-electron chi connectivity index (χ4n) is 1.70. The summed E-state index contributed by atoms with van der Waals surface area (Å²) < 4.78 is 10.6. The summed E-state index contributed by atoms with van der Waals surface area (Å²) in [4.78, 5) is 11.2. The van der Waals surface area contributed by atoms with Crippen molar-refractivity contribution in [1.29, 1.82) is 0 Å². The van der Waals surface area contributed by atoms with Gasteiger partial charge in [-0.15, -0.1) is 0 Å². The van der Waals surface area contributed by atoms with Crippen LogP contribution in [0.3, 0.4) is 0 Å². The molecule has 5 heteroatoms. The molecule has 1 N–H and O–H groups in total. The number of rotatable bonds is 7. The highest BCUT2D eigenvalue weighted by Crippen LogP contribution is 2.24. The molecule has 1 amide bonds. The fourth-order valence-corrected chi connectivity index (χ4v) is 1.70. The van der Waals surface area contributed by atoms with Crippen molar-refractivity contribution in [2.45, 2.75) is 19.8 Å². The zero-order valence-corrected chi connectivity index (χ0v) is 12.0. The number of carbonyl (C=O) groups is 1. The Morgan fingerprint density at radius 3 is 2.86 bits per heavy atom. The first-order valence-corrected chi connectivity index (χ1v) is 6.86. The van der Waals surface area contributed by atoms with Crippen molar-refractivity contribution in [2.75, 3.05) is 11.9 Å². The molecule has 21 heavy (non-hydrogen) atoms. The van der Waals surface area contributed by atoms with Gasteiger partial charge in [0.2, 0.25) is 11.8 Å². The van der Waals surface area contributed by atoms with Gasteiger partial charge in [0.15, 0.2) is 0 Å². The molecular weight excluding hydrogens is 268 g/mol. The van der Waals surface area contributed by atoms with Gasteiger partial charge in [-0.05, 0) is 36.8 Å². The van der Waals surface area contributed by atoms with Crippen LogP contribution in [0.5, 0.6) is 5.75 Å². The van der Waals surface area contributed by atoms with E-state index in [4.69, 9.17) is 9.26 Å². The van der Waals surface area contributed by atoms with E-state index in [9.17, 15) is 4.79 Å². The quantitative estimate of drug-likeness (QED) is 0.623. The van der Waals surface area contributed by atoms with Gasteiger partial charge in [-0.3, -0.25) is 10.1 Å². The molecule has 0 saturated heterocycles. The van der Waals surface area contributed by atoms with Crippen molar-refractivity contribution >= 4 is 11.8 Å². The molecule has 0 spiro atoms. The van der Waals surface area contributed by atoms with Crippen LogP contribution in [0, 0.1) is 0 Å². The van der Waals surface area contributed by atoms with Gasteiger partial charge < -0.3 is 9.26 Å². The number of hydrogen-bond donors (Lipinski definition) is 1. The number of benzene rings is 1. The molecule has 2 aromatic rings. The fraction of sp³-hybridized carbons (Fsp3) is 0.250. The van der Waals surface area contributed by atoms with Gasteiger partial charge in [0.1, 0.15) is 11.4 Å². The van der Waals surface area contributed by atoms with E-state index in [0.29, 0.717) is 5.69 Å². The first-order valence-electron chi connectivity index (χ1n) is 6.86. The first kappa shape index (κ1) is 14.8. The molecule has 5 nitrogen and oxygen atoms in total. The van der Waals surface area contributed by atoms with Crippen molar-refractivity contribution in [3.8, 4) is 17.0 Å². The zero-order chi connectivity index (χ0) is 15.1. The van der Waals surface area contributed by atoms with Crippen LogP contribution < -0.4 is 10.1 Å². The molecule has 110 valence electrons. The second kappa shape index (κ2) is 7.28. The Hall–Kier alpha value is -2.56. The lowest BCUT2D eigenvalue weighted by molar-refractivity contribution is -0.112. The van der Waals surface area contributed by atoms with E-state index in [2.05, 4.69) is 24.0 Å². The van der Waals surface area contributed by atoms with Crippen LogP contribution in [-0.4, -0.2) is 17.7 Å². The van der Waals surface area contributed by atoms with Gasteiger partial charge in [-0.25, -0.2) is 0 Å². The van der Waals surface area contributed by atoms with Crippen molar-refractivity contribution in [3.63, 3.8) is 0 Å². The van der Waals surface area contributed by atoms with E-state index in [0.717, 1.165) is 30.8 Å². The molecule has 0 aliphatic rings. The third kappa shape index (κ3) is 4.21. The summed E-state index contributed by atoms with van der Waals surface area (Å²) in [5.41, 5.74) is 1.54. The second-order valence-electron chi connectivity index (χ2n) is 4.50. The Morgan fingerprint density at radius 2 is 2.19 bits per heavy atom. The Balaban J connectivity index is 2.01. The van der Waals surface area contributed by atoms with Gasteiger partial charge in [0.25, 0.3) is 0 Å². The number of nitrogens with one attached hydrogen (secondary N) is 1. The monoisotopic (exact) mass is 286 g/mol. The third-order valence-electron chi connectivity index (χ3n) is 2.86. The van der Waals surface area contributed by atoms with Gasteiger partial charge in [-0.2, -0.15) is 0 Å². The lowest BCUT2D eigenvalue weighted by Crippen LogP contribution is -2.05. The van der Waals surface area contributed by atoms with Gasteiger partial charge in [-0.1, -0.05) is 25.1 Å². The number of unbranched alkanes of at least 4 members (excludes halogenated alkanes) is 1. The number of amides is 1. The van der Waals surface area contributed by atoms with Crippen LogP contribution in [0.15, 0.2) is 47.5 Å². The normalized spacial score (nSPS) is 10.1. The summed E-state index contributed by atoms with van der Waals surface area (Å²) in [6.07, 6.45) is 3.32. The molecule has 0 atom stereocenters. The van der Waals surface area contributed by atoms with E-state index in [1.165, 1.54) is 6.08 Å². The summed E-state index contributed by atoms with van der Waals surface area (Å²) in [5, 5.41) is 6.43. The number of ether oxygens (including phenoxy) is 1. The molecule has 0 radical (unpaired) electrons. The maximum atomic E-state index is 11.2. The van der Waals surface area contributed by atoms with Crippen LogP contribution in [0.25, 0.3) is 11.3 Å². The van der Waals surface area contributed by atoms with Crippen molar-refractivity contribution in [3.05, 3.63) is 43.0 Å². The topological polar surface area (TPSA) is 64.4 Å². The minimum Gasteiger partial charge on any atom is -0.494 e. The smallest absolute Gasteiger partial charge is 0.250 e. The number of nitrogens with zero attached hydrogens (tertiary/aromatic N) is 1. The average Bonchev–Trinajstić information content (AvgIpc) is 2.96. The SMILES string of the molecule is C=CC(=O)Nc1cc(-c2ccc(OCCCC)cc2)no1. The standard InChI is InChI=1S/C16H18N2O3/c1-3-5-10-20-13-8-6-12(7-9-13)14-11-16(21-18-14)17-15(19)4-2/h4,6-9,11H,2-3,5,10H2,1H3,(H,17,19). The minimum atomic E-state index is -0.336. The van der Waals surface area contributed by atoms with E-state index in [1.807, 2.05) is 24.3 Å². The van der Waals surface area contributed by atoms with Crippen molar-refractivity contribution in [1.82, 2.24) is 5.16 Å². The Morgan fingerprint density at radius 1 is 1.43 bits per heavy atom. The highest BCUT2D eigenvalue weighted by Gasteiger charge is 2.08. The molecule has 2 rings (SSSR count). The Labute approximate surface area is 123 Å². The van der Waals surface area contributed by atoms with Crippen molar-refractivity contribution < 1.29 is 14.1 Å². The summed E-state index contributed by atoms with van der Waals surface area (Å²) in [6.45, 7) is 6.22. The molecule has 1 aromatic heterocycles. The highest BCUT2D eigenvalue weighted by atomic mass is 16.5. The highest BCUT2D eigenvalue weighted by molar-refractivity contribution is 5.98. The van der Waals surface area contributed by atoms with Crippen LogP contribution in [0.1, 0.15) is 19.8 Å². The van der Waals surface area contributed by atoms with Crippen LogP contribution in [0.4, 0.5) is 5.88 Å². The third-order valence-corrected chi connectivity index (χ3v) is 2.86. The summed E-state index contributed by atoms with van der Waals surface area (Å²) in [5.74, 6) is 0.784. The maximum Gasteiger partial charge on any atom is 0.250 e. The predicted octanol–water partition coefficient (Wildman–Crippen LogP) is 3.65. The summed E-state index contributed by atoms with van der Waals surface area (Å²) >= 11 is 0. The van der Waals surface area contributed by atoms with E-state index >= 15 is 0 Å². The molecule has 1 aromatic carbocycles. The molecule has 0 bridgehead atoms. The molecule has 0 fully saturated rings. The maximum absolute atomic E-state index is 11.2.